The lowest BCUT2D eigenvalue weighted by molar-refractivity contribution is 0.489. The third-order valence-electron chi connectivity index (χ3n) is 3.70. The molecule has 2 nitrogen and oxygen atoms in total. The Hall–Kier alpha value is -0.780. The molecule has 0 heterocycles. The molecule has 0 amide bonds. The molecule has 5 heteroatoms. The van der Waals surface area contributed by atoms with Crippen LogP contribution in [0.15, 0.2) is 28.3 Å². The average molecular weight is 345 g/mol. The molecule has 0 saturated carbocycles. The number of hydrogen-bond donors (Lipinski definition) is 2. The SMILES string of the molecule is NNC(C1=CCCCCCC1)c1c(F)cc(Br)cc1F. The van der Waals surface area contributed by atoms with E-state index in [1.54, 1.807) is 0 Å². The Bertz CT molecular complexity index is 480. The van der Waals surface area contributed by atoms with Crippen LogP contribution in [0.5, 0.6) is 0 Å². The van der Waals surface area contributed by atoms with Gasteiger partial charge in [-0.05, 0) is 37.8 Å². The maximum absolute atomic E-state index is 14.1. The van der Waals surface area contributed by atoms with Crippen molar-refractivity contribution >= 4 is 15.9 Å². The van der Waals surface area contributed by atoms with E-state index in [0.29, 0.717) is 4.47 Å². The number of hydrazine groups is 1. The average Bonchev–Trinajstić information content (AvgIpc) is 2.34. The smallest absolute Gasteiger partial charge is 0.132 e. The van der Waals surface area contributed by atoms with Crippen LogP contribution in [-0.4, -0.2) is 0 Å². The van der Waals surface area contributed by atoms with Gasteiger partial charge in [-0.2, -0.15) is 0 Å². The van der Waals surface area contributed by atoms with Crippen LogP contribution in [0.25, 0.3) is 0 Å². The van der Waals surface area contributed by atoms with Crippen LogP contribution >= 0.6 is 15.9 Å². The van der Waals surface area contributed by atoms with Crippen LogP contribution in [0.1, 0.15) is 50.1 Å². The van der Waals surface area contributed by atoms with Gasteiger partial charge < -0.3 is 0 Å². The molecule has 1 unspecified atom stereocenters. The fourth-order valence-corrected chi connectivity index (χ4v) is 3.09. The molecule has 0 bridgehead atoms. The monoisotopic (exact) mass is 344 g/mol. The summed E-state index contributed by atoms with van der Waals surface area (Å²) in [5.41, 5.74) is 3.56. The van der Waals surface area contributed by atoms with Crippen molar-refractivity contribution in [1.29, 1.82) is 0 Å². The Morgan fingerprint density at radius 2 is 1.75 bits per heavy atom. The van der Waals surface area contributed by atoms with Gasteiger partial charge in [0.2, 0.25) is 0 Å². The normalized spacial score (nSPS) is 18.1. The molecule has 110 valence electrons. The molecule has 1 aliphatic rings. The summed E-state index contributed by atoms with van der Waals surface area (Å²) in [6, 6.07) is 1.94. The molecule has 0 spiro atoms. The predicted molar refractivity (Wildman–Crippen MR) is 79.9 cm³/mol. The Kier molecular flexibility index (Phi) is 5.69. The van der Waals surface area contributed by atoms with E-state index in [4.69, 9.17) is 5.84 Å². The summed E-state index contributed by atoms with van der Waals surface area (Å²) >= 11 is 3.09. The molecular weight excluding hydrogens is 326 g/mol. The molecule has 1 atom stereocenters. The van der Waals surface area contributed by atoms with E-state index in [0.717, 1.165) is 37.7 Å². The van der Waals surface area contributed by atoms with E-state index in [9.17, 15) is 8.78 Å². The molecule has 0 aliphatic heterocycles. The van der Waals surface area contributed by atoms with Crippen molar-refractivity contribution in [1.82, 2.24) is 5.43 Å². The first-order chi connectivity index (χ1) is 9.63. The van der Waals surface area contributed by atoms with E-state index in [1.165, 1.54) is 18.6 Å². The minimum absolute atomic E-state index is 0.00234. The topological polar surface area (TPSA) is 38.0 Å². The maximum atomic E-state index is 14.1. The fourth-order valence-electron chi connectivity index (χ4n) is 2.68. The fraction of sp³-hybridized carbons (Fsp3) is 0.467. The number of benzene rings is 1. The zero-order valence-electron chi connectivity index (χ0n) is 11.3. The number of nitrogens with one attached hydrogen (secondary N) is 1. The predicted octanol–water partition coefficient (Wildman–Crippen LogP) is 4.51. The second-order valence-corrected chi connectivity index (χ2v) is 6.03. The Balaban J connectivity index is 2.36. The summed E-state index contributed by atoms with van der Waals surface area (Å²) in [5, 5.41) is 0. The van der Waals surface area contributed by atoms with Gasteiger partial charge in [-0.1, -0.05) is 40.4 Å². The van der Waals surface area contributed by atoms with E-state index >= 15 is 0 Å². The van der Waals surface area contributed by atoms with Gasteiger partial charge in [-0.3, -0.25) is 5.84 Å². The molecule has 20 heavy (non-hydrogen) atoms. The maximum Gasteiger partial charge on any atom is 0.132 e. The lowest BCUT2D eigenvalue weighted by Gasteiger charge is -2.23. The van der Waals surface area contributed by atoms with Crippen molar-refractivity contribution in [2.75, 3.05) is 0 Å². The Morgan fingerprint density at radius 3 is 2.40 bits per heavy atom. The van der Waals surface area contributed by atoms with Crippen molar-refractivity contribution in [3.05, 3.63) is 45.5 Å². The summed E-state index contributed by atoms with van der Waals surface area (Å²) in [7, 11) is 0. The molecule has 1 aromatic rings. The van der Waals surface area contributed by atoms with Crippen LogP contribution < -0.4 is 11.3 Å². The van der Waals surface area contributed by atoms with Crippen LogP contribution in [0.2, 0.25) is 0 Å². The van der Waals surface area contributed by atoms with Crippen LogP contribution in [0.3, 0.4) is 0 Å². The molecule has 0 radical (unpaired) electrons. The van der Waals surface area contributed by atoms with Crippen molar-refractivity contribution in [2.45, 2.75) is 44.6 Å². The summed E-state index contributed by atoms with van der Waals surface area (Å²) < 4.78 is 28.6. The van der Waals surface area contributed by atoms with Gasteiger partial charge in [-0.15, -0.1) is 0 Å². The van der Waals surface area contributed by atoms with E-state index < -0.39 is 17.7 Å². The summed E-state index contributed by atoms with van der Waals surface area (Å²) in [6.45, 7) is 0. The number of hydrogen-bond acceptors (Lipinski definition) is 2. The third kappa shape index (κ3) is 3.65. The standard InChI is InChI=1S/C15H19BrF2N2/c16-11-8-12(17)14(13(18)9-11)15(20-19)10-6-4-2-1-3-5-7-10/h6,8-9,15,20H,1-5,7,19H2. The largest absolute Gasteiger partial charge is 0.271 e. The number of nitrogens with two attached hydrogens (primary N) is 1. The second-order valence-electron chi connectivity index (χ2n) is 5.11. The summed E-state index contributed by atoms with van der Waals surface area (Å²) in [6.07, 6.45) is 8.35. The molecule has 1 aromatic carbocycles. The van der Waals surface area contributed by atoms with Crippen LogP contribution in [0.4, 0.5) is 8.78 Å². The molecule has 2 rings (SSSR count). The minimum atomic E-state index is -0.596. The third-order valence-corrected chi connectivity index (χ3v) is 4.15. The first-order valence-corrected chi connectivity index (χ1v) is 7.72. The van der Waals surface area contributed by atoms with Gasteiger partial charge in [0.15, 0.2) is 0 Å². The van der Waals surface area contributed by atoms with Crippen LogP contribution in [-0.2, 0) is 0 Å². The molecule has 0 saturated heterocycles. The van der Waals surface area contributed by atoms with Crippen molar-refractivity contribution in [2.24, 2.45) is 5.84 Å². The molecular formula is C15H19BrF2N2. The number of halogens is 3. The number of allylic oxidation sites excluding steroid dienone is 1. The lowest BCUT2D eigenvalue weighted by Crippen LogP contribution is -2.31. The van der Waals surface area contributed by atoms with Gasteiger partial charge in [0.25, 0.3) is 0 Å². The van der Waals surface area contributed by atoms with Crippen molar-refractivity contribution < 1.29 is 8.78 Å². The highest BCUT2D eigenvalue weighted by atomic mass is 79.9. The van der Waals surface area contributed by atoms with Gasteiger partial charge >= 0.3 is 0 Å². The summed E-state index contributed by atoms with van der Waals surface area (Å²) in [4.78, 5) is 0. The summed E-state index contributed by atoms with van der Waals surface area (Å²) in [5.74, 6) is 4.40. The lowest BCUT2D eigenvalue weighted by atomic mass is 9.91. The first-order valence-electron chi connectivity index (χ1n) is 6.93. The van der Waals surface area contributed by atoms with E-state index in [-0.39, 0.29) is 5.56 Å². The zero-order valence-corrected chi connectivity index (χ0v) is 12.8. The van der Waals surface area contributed by atoms with Gasteiger partial charge in [0.05, 0.1) is 6.04 Å². The highest BCUT2D eigenvalue weighted by molar-refractivity contribution is 9.10. The van der Waals surface area contributed by atoms with E-state index in [1.807, 2.05) is 0 Å². The van der Waals surface area contributed by atoms with Crippen LogP contribution in [0, 0.1) is 11.6 Å². The Labute approximate surface area is 126 Å². The Morgan fingerprint density at radius 1 is 1.10 bits per heavy atom. The van der Waals surface area contributed by atoms with Gasteiger partial charge in [0.1, 0.15) is 11.6 Å². The zero-order chi connectivity index (χ0) is 14.5. The quantitative estimate of drug-likeness (QED) is 0.480. The van der Waals surface area contributed by atoms with Gasteiger partial charge in [0, 0.05) is 10.0 Å². The highest BCUT2D eigenvalue weighted by Crippen LogP contribution is 2.32. The van der Waals surface area contributed by atoms with Gasteiger partial charge in [-0.25, -0.2) is 14.2 Å². The van der Waals surface area contributed by atoms with Crippen molar-refractivity contribution in [3.63, 3.8) is 0 Å². The van der Waals surface area contributed by atoms with Crippen molar-refractivity contribution in [3.8, 4) is 0 Å². The molecule has 3 N–H and O–H groups in total. The molecule has 0 fully saturated rings. The second kappa shape index (κ2) is 7.29. The minimum Gasteiger partial charge on any atom is -0.271 e. The van der Waals surface area contributed by atoms with E-state index in [2.05, 4.69) is 27.4 Å². The first kappa shape index (κ1) is 15.6. The number of rotatable bonds is 3. The molecule has 0 aromatic heterocycles. The highest BCUT2D eigenvalue weighted by Gasteiger charge is 2.23. The molecule has 1 aliphatic carbocycles.